The second kappa shape index (κ2) is 7.39. The van der Waals surface area contributed by atoms with E-state index in [0.717, 1.165) is 37.8 Å². The molecule has 26 heavy (non-hydrogen) atoms. The number of rotatable bonds is 4. The summed E-state index contributed by atoms with van der Waals surface area (Å²) in [5.41, 5.74) is -0.253. The summed E-state index contributed by atoms with van der Waals surface area (Å²) in [5, 5.41) is 9.38. The Labute approximate surface area is 148 Å². The molecule has 1 aliphatic carbocycles. The number of carbonyl (C=O) groups is 1. The van der Waals surface area contributed by atoms with Crippen LogP contribution in [0.15, 0.2) is 28.8 Å². The van der Waals surface area contributed by atoms with Gasteiger partial charge >= 0.3 is 6.18 Å². The first-order valence-corrected chi connectivity index (χ1v) is 8.55. The molecule has 2 N–H and O–H groups in total. The summed E-state index contributed by atoms with van der Waals surface area (Å²) in [6.45, 7) is 1.63. The fourth-order valence-corrected chi connectivity index (χ4v) is 3.08. The van der Waals surface area contributed by atoms with Crippen LogP contribution in [0, 0.1) is 6.92 Å². The van der Waals surface area contributed by atoms with E-state index >= 15 is 0 Å². The minimum Gasteiger partial charge on any atom is -0.381 e. The van der Waals surface area contributed by atoms with Gasteiger partial charge in [-0.05, 0) is 38.0 Å². The van der Waals surface area contributed by atoms with Crippen molar-refractivity contribution >= 4 is 17.3 Å². The lowest BCUT2D eigenvalue weighted by Crippen LogP contribution is -2.24. The maximum absolute atomic E-state index is 13.1. The lowest BCUT2D eigenvalue weighted by molar-refractivity contribution is -0.137. The molecule has 1 aromatic carbocycles. The van der Waals surface area contributed by atoms with Crippen LogP contribution in [0.5, 0.6) is 0 Å². The van der Waals surface area contributed by atoms with Gasteiger partial charge in [0.25, 0.3) is 5.91 Å². The monoisotopic (exact) mass is 367 g/mol. The van der Waals surface area contributed by atoms with E-state index < -0.39 is 17.6 Å². The fraction of sp³-hybridized carbons (Fsp3) is 0.444. The van der Waals surface area contributed by atoms with Crippen LogP contribution >= 0.6 is 0 Å². The van der Waals surface area contributed by atoms with Gasteiger partial charge in [-0.15, -0.1) is 0 Å². The summed E-state index contributed by atoms with van der Waals surface area (Å²) in [6, 6.07) is 4.93. The quantitative estimate of drug-likeness (QED) is 0.798. The van der Waals surface area contributed by atoms with E-state index in [0.29, 0.717) is 11.4 Å². The highest BCUT2D eigenvalue weighted by Crippen LogP contribution is 2.35. The molecule has 0 bridgehead atoms. The molecular weight excluding hydrogens is 347 g/mol. The number of alkyl halides is 3. The predicted octanol–water partition coefficient (Wildman–Crippen LogP) is 5.00. The van der Waals surface area contributed by atoms with Crippen molar-refractivity contribution in [2.24, 2.45) is 0 Å². The third kappa shape index (κ3) is 4.36. The largest absolute Gasteiger partial charge is 0.416 e. The first-order chi connectivity index (χ1) is 12.3. The molecule has 1 amide bonds. The van der Waals surface area contributed by atoms with Gasteiger partial charge in [0.15, 0.2) is 5.69 Å². The number of anilines is 2. The summed E-state index contributed by atoms with van der Waals surface area (Å²) in [7, 11) is 0. The molecule has 1 aromatic heterocycles. The number of aromatic nitrogens is 1. The Bertz CT molecular complexity index is 780. The first-order valence-electron chi connectivity index (χ1n) is 8.55. The molecule has 5 nitrogen and oxygen atoms in total. The Morgan fingerprint density at radius 2 is 1.88 bits per heavy atom. The van der Waals surface area contributed by atoms with Crippen LogP contribution in [0.2, 0.25) is 0 Å². The average Bonchev–Trinajstić information content (AvgIpc) is 3.03. The summed E-state index contributed by atoms with van der Waals surface area (Å²) in [4.78, 5) is 12.3. The molecule has 2 aromatic rings. The van der Waals surface area contributed by atoms with Crippen LogP contribution in [0.4, 0.5) is 24.5 Å². The highest BCUT2D eigenvalue weighted by Gasteiger charge is 2.31. The van der Waals surface area contributed by atoms with E-state index in [2.05, 4.69) is 15.8 Å². The van der Waals surface area contributed by atoms with Gasteiger partial charge in [0.2, 0.25) is 0 Å². The standard InChI is InChI=1S/C18H20F3N3O2/c1-11-9-16(24-26-11)17(25)23-15-10-12(18(19,20)21)7-8-14(15)22-13-5-3-2-4-6-13/h7-10,13,22H,2-6H2,1H3,(H,23,25). The van der Waals surface area contributed by atoms with E-state index in [9.17, 15) is 18.0 Å². The smallest absolute Gasteiger partial charge is 0.381 e. The summed E-state index contributed by atoms with van der Waals surface area (Å²) >= 11 is 0. The van der Waals surface area contributed by atoms with Crippen LogP contribution in [0.25, 0.3) is 0 Å². The maximum Gasteiger partial charge on any atom is 0.416 e. The average molecular weight is 367 g/mol. The van der Waals surface area contributed by atoms with E-state index in [-0.39, 0.29) is 17.4 Å². The minimum atomic E-state index is -4.49. The molecule has 1 heterocycles. The fourth-order valence-electron chi connectivity index (χ4n) is 3.08. The highest BCUT2D eigenvalue weighted by atomic mass is 19.4. The molecular formula is C18H20F3N3O2. The van der Waals surface area contributed by atoms with Gasteiger partial charge in [-0.25, -0.2) is 0 Å². The number of aryl methyl sites for hydroxylation is 1. The van der Waals surface area contributed by atoms with Gasteiger partial charge in [-0.3, -0.25) is 4.79 Å². The Kier molecular flexibility index (Phi) is 5.20. The Hall–Kier alpha value is -2.51. The molecule has 0 radical (unpaired) electrons. The Morgan fingerprint density at radius 3 is 2.50 bits per heavy atom. The van der Waals surface area contributed by atoms with E-state index in [1.54, 1.807) is 6.92 Å². The van der Waals surface area contributed by atoms with Crippen LogP contribution in [0.1, 0.15) is 53.9 Å². The topological polar surface area (TPSA) is 67.2 Å². The Morgan fingerprint density at radius 1 is 1.15 bits per heavy atom. The van der Waals surface area contributed by atoms with Crippen molar-refractivity contribution in [1.29, 1.82) is 0 Å². The number of nitrogens with one attached hydrogen (secondary N) is 2. The zero-order chi connectivity index (χ0) is 18.7. The van der Waals surface area contributed by atoms with Gasteiger partial charge in [0.1, 0.15) is 5.76 Å². The van der Waals surface area contributed by atoms with Gasteiger partial charge in [-0.2, -0.15) is 13.2 Å². The maximum atomic E-state index is 13.1. The number of hydrogen-bond acceptors (Lipinski definition) is 4. The number of carbonyl (C=O) groups excluding carboxylic acids is 1. The van der Waals surface area contributed by atoms with E-state index in [1.807, 2.05) is 0 Å². The number of benzene rings is 1. The normalized spacial score (nSPS) is 15.7. The van der Waals surface area contributed by atoms with Crippen LogP contribution in [0.3, 0.4) is 0 Å². The number of hydrogen-bond donors (Lipinski definition) is 2. The van der Waals surface area contributed by atoms with E-state index in [4.69, 9.17) is 4.52 Å². The molecule has 1 aliphatic rings. The highest BCUT2D eigenvalue weighted by molar-refractivity contribution is 6.04. The Balaban J connectivity index is 1.86. The van der Waals surface area contributed by atoms with Crippen molar-refractivity contribution in [2.45, 2.75) is 51.2 Å². The molecule has 0 saturated heterocycles. The molecule has 0 spiro atoms. The van der Waals surface area contributed by atoms with Crippen molar-refractivity contribution in [2.75, 3.05) is 10.6 Å². The van der Waals surface area contributed by atoms with Gasteiger partial charge < -0.3 is 15.2 Å². The van der Waals surface area contributed by atoms with Crippen LogP contribution < -0.4 is 10.6 Å². The van der Waals surface area contributed by atoms with E-state index in [1.165, 1.54) is 18.6 Å². The van der Waals surface area contributed by atoms with Crippen LogP contribution in [-0.4, -0.2) is 17.1 Å². The molecule has 8 heteroatoms. The molecule has 1 saturated carbocycles. The zero-order valence-corrected chi connectivity index (χ0v) is 14.3. The molecule has 0 atom stereocenters. The SMILES string of the molecule is Cc1cc(C(=O)Nc2cc(C(F)(F)F)ccc2NC2CCCCC2)no1. The molecule has 0 unspecified atom stereocenters. The van der Waals surface area contributed by atoms with Crippen molar-refractivity contribution < 1.29 is 22.5 Å². The number of nitrogens with zero attached hydrogens (tertiary/aromatic N) is 1. The zero-order valence-electron chi connectivity index (χ0n) is 14.3. The molecule has 140 valence electrons. The van der Waals surface area contributed by atoms with Gasteiger partial charge in [0, 0.05) is 12.1 Å². The van der Waals surface area contributed by atoms with Crippen molar-refractivity contribution in [3.8, 4) is 0 Å². The van der Waals surface area contributed by atoms with Gasteiger partial charge in [0.05, 0.1) is 16.9 Å². The first kappa shape index (κ1) is 18.3. The third-order valence-electron chi connectivity index (χ3n) is 4.42. The van der Waals surface area contributed by atoms with Gasteiger partial charge in [-0.1, -0.05) is 24.4 Å². The third-order valence-corrected chi connectivity index (χ3v) is 4.42. The van der Waals surface area contributed by atoms with Crippen molar-refractivity contribution in [1.82, 2.24) is 5.16 Å². The minimum absolute atomic E-state index is 0.0172. The second-order valence-corrected chi connectivity index (χ2v) is 6.51. The van der Waals surface area contributed by atoms with Crippen molar-refractivity contribution in [3.63, 3.8) is 0 Å². The summed E-state index contributed by atoms with van der Waals surface area (Å²) in [5.74, 6) is -0.174. The number of halogens is 3. The molecule has 1 fully saturated rings. The lowest BCUT2D eigenvalue weighted by Gasteiger charge is -2.25. The molecule has 3 rings (SSSR count). The van der Waals surface area contributed by atoms with Crippen molar-refractivity contribution in [3.05, 3.63) is 41.3 Å². The second-order valence-electron chi connectivity index (χ2n) is 6.51. The summed E-state index contributed by atoms with van der Waals surface area (Å²) in [6.07, 6.45) is 0.748. The predicted molar refractivity (Wildman–Crippen MR) is 91.1 cm³/mol. The molecule has 0 aliphatic heterocycles. The number of amides is 1. The van der Waals surface area contributed by atoms with Crippen LogP contribution in [-0.2, 0) is 6.18 Å². The summed E-state index contributed by atoms with van der Waals surface area (Å²) < 4.78 is 44.0. The lowest BCUT2D eigenvalue weighted by atomic mass is 9.95.